The summed E-state index contributed by atoms with van der Waals surface area (Å²) in [7, 11) is 0. The Morgan fingerprint density at radius 1 is 1.24 bits per heavy atom. The van der Waals surface area contributed by atoms with Gasteiger partial charge in [0, 0.05) is 32.2 Å². The Morgan fingerprint density at radius 3 is 2.80 bits per heavy atom. The molecule has 1 amide bonds. The molecule has 1 atom stereocenters. The third-order valence-corrected chi connectivity index (χ3v) is 6.32. The first-order valence-electron chi connectivity index (χ1n) is 9.71. The Hall–Kier alpha value is -1.33. The van der Waals surface area contributed by atoms with Crippen LogP contribution in [0.5, 0.6) is 0 Å². The minimum Gasteiger partial charge on any atom is -0.469 e. The fourth-order valence-electron chi connectivity index (χ4n) is 4.30. The molecule has 1 saturated carbocycles. The van der Waals surface area contributed by atoms with Crippen LogP contribution in [0.1, 0.15) is 37.9 Å². The molecule has 138 valence electrons. The van der Waals surface area contributed by atoms with Crippen LogP contribution in [-0.4, -0.2) is 50.3 Å². The number of rotatable bonds is 6. The largest absolute Gasteiger partial charge is 0.469 e. The first-order valence-corrected chi connectivity index (χ1v) is 9.71. The minimum atomic E-state index is 0.179. The first kappa shape index (κ1) is 17.1. The van der Waals surface area contributed by atoms with Crippen LogP contribution in [0.15, 0.2) is 22.8 Å². The Kier molecular flexibility index (Phi) is 5.13. The third kappa shape index (κ3) is 4.09. The SMILES string of the molecule is O=C(Cc1ccco1)N1CCC2(CCOC[C@@H]2COCC2CC2)CC1. The zero-order valence-electron chi connectivity index (χ0n) is 15.0. The number of furan rings is 1. The molecule has 3 fully saturated rings. The van der Waals surface area contributed by atoms with Gasteiger partial charge in [0.15, 0.2) is 0 Å². The molecule has 4 rings (SSSR count). The van der Waals surface area contributed by atoms with Crippen LogP contribution in [0.3, 0.4) is 0 Å². The fourth-order valence-corrected chi connectivity index (χ4v) is 4.30. The molecule has 0 N–H and O–H groups in total. The van der Waals surface area contributed by atoms with Crippen molar-refractivity contribution in [1.82, 2.24) is 4.90 Å². The van der Waals surface area contributed by atoms with Crippen molar-refractivity contribution in [1.29, 1.82) is 0 Å². The van der Waals surface area contributed by atoms with Crippen molar-refractivity contribution in [2.24, 2.45) is 17.3 Å². The van der Waals surface area contributed by atoms with E-state index >= 15 is 0 Å². The van der Waals surface area contributed by atoms with Crippen molar-refractivity contribution in [2.45, 2.75) is 38.5 Å². The smallest absolute Gasteiger partial charge is 0.230 e. The number of amides is 1. The lowest BCUT2D eigenvalue weighted by molar-refractivity contribution is -0.138. The molecule has 0 unspecified atom stereocenters. The third-order valence-electron chi connectivity index (χ3n) is 6.32. The maximum absolute atomic E-state index is 12.5. The quantitative estimate of drug-likeness (QED) is 0.794. The minimum absolute atomic E-state index is 0.179. The van der Waals surface area contributed by atoms with Crippen LogP contribution in [0.2, 0.25) is 0 Å². The lowest BCUT2D eigenvalue weighted by Gasteiger charge is -2.49. The Labute approximate surface area is 149 Å². The van der Waals surface area contributed by atoms with Gasteiger partial charge in [-0.05, 0) is 55.6 Å². The van der Waals surface area contributed by atoms with Crippen molar-refractivity contribution in [2.75, 3.05) is 39.5 Å². The second kappa shape index (κ2) is 7.50. The lowest BCUT2D eigenvalue weighted by atomic mass is 9.66. The zero-order valence-corrected chi connectivity index (χ0v) is 15.0. The predicted octanol–water partition coefficient (Wildman–Crippen LogP) is 2.89. The van der Waals surface area contributed by atoms with E-state index in [1.165, 1.54) is 12.8 Å². The van der Waals surface area contributed by atoms with Gasteiger partial charge < -0.3 is 18.8 Å². The molecule has 2 saturated heterocycles. The van der Waals surface area contributed by atoms with E-state index in [0.717, 1.165) is 70.5 Å². The number of ether oxygens (including phenoxy) is 2. The predicted molar refractivity (Wildman–Crippen MR) is 93.1 cm³/mol. The zero-order chi connectivity index (χ0) is 17.1. The first-order chi connectivity index (χ1) is 12.3. The van der Waals surface area contributed by atoms with Crippen molar-refractivity contribution < 1.29 is 18.7 Å². The van der Waals surface area contributed by atoms with E-state index in [1.807, 2.05) is 17.0 Å². The number of likely N-dealkylation sites (tertiary alicyclic amines) is 1. The molecule has 5 nitrogen and oxygen atoms in total. The molecule has 0 aromatic carbocycles. The van der Waals surface area contributed by atoms with Crippen LogP contribution in [0.4, 0.5) is 0 Å². The highest BCUT2D eigenvalue weighted by molar-refractivity contribution is 5.78. The average Bonchev–Trinajstić information content (AvgIpc) is 3.31. The molecular weight excluding hydrogens is 318 g/mol. The van der Waals surface area contributed by atoms with E-state index in [-0.39, 0.29) is 5.91 Å². The van der Waals surface area contributed by atoms with Gasteiger partial charge in [-0.1, -0.05) is 0 Å². The molecule has 0 bridgehead atoms. The highest BCUT2D eigenvalue weighted by Crippen LogP contribution is 2.45. The van der Waals surface area contributed by atoms with Crippen LogP contribution in [0.25, 0.3) is 0 Å². The molecule has 2 aliphatic heterocycles. The van der Waals surface area contributed by atoms with Gasteiger partial charge in [-0.25, -0.2) is 0 Å². The molecule has 1 spiro atoms. The fraction of sp³-hybridized carbons (Fsp3) is 0.750. The summed E-state index contributed by atoms with van der Waals surface area (Å²) in [4.78, 5) is 14.5. The topological polar surface area (TPSA) is 51.9 Å². The van der Waals surface area contributed by atoms with Gasteiger partial charge in [0.25, 0.3) is 0 Å². The standard InChI is InChI=1S/C20H29NO4/c22-19(12-18-2-1-10-25-18)21-8-5-20(6-9-21)7-11-23-14-17(20)15-24-13-16-3-4-16/h1-2,10,16-17H,3-9,11-15H2/t17-/m1/s1. The maximum atomic E-state index is 12.5. The molecule has 25 heavy (non-hydrogen) atoms. The molecule has 1 aromatic heterocycles. The molecule has 0 radical (unpaired) electrons. The summed E-state index contributed by atoms with van der Waals surface area (Å²) in [6.07, 6.45) is 7.90. The highest BCUT2D eigenvalue weighted by Gasteiger charge is 2.44. The van der Waals surface area contributed by atoms with Crippen molar-refractivity contribution in [3.8, 4) is 0 Å². The molecule has 3 aliphatic rings. The van der Waals surface area contributed by atoms with Gasteiger partial charge in [0.2, 0.25) is 5.91 Å². The molecule has 5 heteroatoms. The Morgan fingerprint density at radius 2 is 2.08 bits per heavy atom. The van der Waals surface area contributed by atoms with Gasteiger partial charge in [0.1, 0.15) is 5.76 Å². The molecule has 3 heterocycles. The Bertz CT molecular complexity index is 558. The number of piperidine rings is 1. The van der Waals surface area contributed by atoms with E-state index in [1.54, 1.807) is 6.26 Å². The Balaban J connectivity index is 1.30. The second-order valence-corrected chi connectivity index (χ2v) is 8.00. The highest BCUT2D eigenvalue weighted by atomic mass is 16.5. The lowest BCUT2D eigenvalue weighted by Crippen LogP contribution is -2.50. The summed E-state index contributed by atoms with van der Waals surface area (Å²) >= 11 is 0. The number of carbonyl (C=O) groups is 1. The number of nitrogens with zero attached hydrogens (tertiary/aromatic N) is 1. The van der Waals surface area contributed by atoms with Crippen LogP contribution >= 0.6 is 0 Å². The normalized spacial score (nSPS) is 26.1. The number of hydrogen-bond donors (Lipinski definition) is 0. The van der Waals surface area contributed by atoms with E-state index in [2.05, 4.69) is 0 Å². The molecular formula is C20H29NO4. The second-order valence-electron chi connectivity index (χ2n) is 8.00. The van der Waals surface area contributed by atoms with Gasteiger partial charge in [-0.2, -0.15) is 0 Å². The summed E-state index contributed by atoms with van der Waals surface area (Å²) in [5, 5.41) is 0. The average molecular weight is 347 g/mol. The van der Waals surface area contributed by atoms with Crippen LogP contribution < -0.4 is 0 Å². The van der Waals surface area contributed by atoms with Gasteiger partial charge in [-0.3, -0.25) is 4.79 Å². The monoisotopic (exact) mass is 347 g/mol. The van der Waals surface area contributed by atoms with E-state index in [9.17, 15) is 4.79 Å². The van der Waals surface area contributed by atoms with Crippen molar-refractivity contribution >= 4 is 5.91 Å². The van der Waals surface area contributed by atoms with Crippen LogP contribution in [0, 0.1) is 17.3 Å². The number of hydrogen-bond acceptors (Lipinski definition) is 4. The van der Waals surface area contributed by atoms with E-state index in [4.69, 9.17) is 13.9 Å². The van der Waals surface area contributed by atoms with Gasteiger partial charge in [-0.15, -0.1) is 0 Å². The molecule has 1 aliphatic carbocycles. The summed E-state index contributed by atoms with van der Waals surface area (Å²) in [6.45, 7) is 5.08. The van der Waals surface area contributed by atoms with E-state index < -0.39 is 0 Å². The number of carbonyl (C=O) groups excluding carboxylic acids is 1. The van der Waals surface area contributed by atoms with E-state index in [0.29, 0.717) is 17.8 Å². The molecule has 1 aromatic rings. The maximum Gasteiger partial charge on any atom is 0.230 e. The van der Waals surface area contributed by atoms with Crippen molar-refractivity contribution in [3.05, 3.63) is 24.2 Å². The van der Waals surface area contributed by atoms with Gasteiger partial charge >= 0.3 is 0 Å². The summed E-state index contributed by atoms with van der Waals surface area (Å²) in [5.74, 6) is 2.21. The van der Waals surface area contributed by atoms with Crippen molar-refractivity contribution in [3.63, 3.8) is 0 Å². The summed E-state index contributed by atoms with van der Waals surface area (Å²) in [6, 6.07) is 3.71. The summed E-state index contributed by atoms with van der Waals surface area (Å²) < 4.78 is 17.1. The van der Waals surface area contributed by atoms with Gasteiger partial charge in [0.05, 0.1) is 25.9 Å². The van der Waals surface area contributed by atoms with Crippen LogP contribution in [-0.2, 0) is 20.7 Å². The summed E-state index contributed by atoms with van der Waals surface area (Å²) in [5.41, 5.74) is 0.295.